The van der Waals surface area contributed by atoms with Crippen LogP contribution >= 0.6 is 0 Å². The molecule has 2 aliphatic rings. The third kappa shape index (κ3) is 4.77. The number of hydrogen-bond acceptors (Lipinski definition) is 3. The number of hydrogen-bond donors (Lipinski definition) is 0. The summed E-state index contributed by atoms with van der Waals surface area (Å²) >= 11 is 0. The number of amides is 1. The third-order valence-electron chi connectivity index (χ3n) is 6.59. The van der Waals surface area contributed by atoms with Crippen LogP contribution in [0.3, 0.4) is 0 Å². The van der Waals surface area contributed by atoms with Crippen LogP contribution in [0.4, 0.5) is 0 Å². The van der Waals surface area contributed by atoms with Crippen LogP contribution in [0.1, 0.15) is 67.8 Å². The van der Waals surface area contributed by atoms with Gasteiger partial charge < -0.3 is 4.90 Å². The molecule has 1 amide bonds. The Morgan fingerprint density at radius 2 is 1.53 bits per heavy atom. The third-order valence-corrected chi connectivity index (χ3v) is 8.30. The highest BCUT2D eigenvalue weighted by Crippen LogP contribution is 2.37. The SMILES string of the molecule is CCC1CCC(N(C(=O)c2cccc(CS(=O)(=O)c3ccccc3)c2)C2CC2)CC1. The van der Waals surface area contributed by atoms with Crippen LogP contribution in [-0.4, -0.2) is 31.3 Å². The standard InChI is InChI=1S/C25H31NO3S/c1-2-19-11-13-22(14-12-19)26(23-15-16-23)25(27)21-8-6-7-20(17-21)18-30(28,29)24-9-4-3-5-10-24/h3-10,17,19,22-23H,2,11-16,18H2,1H3. The van der Waals surface area contributed by atoms with Crippen molar-refractivity contribution in [3.63, 3.8) is 0 Å². The molecular weight excluding hydrogens is 394 g/mol. The van der Waals surface area contributed by atoms with Crippen LogP contribution in [0.5, 0.6) is 0 Å². The second-order valence-corrected chi connectivity index (χ2v) is 10.8. The summed E-state index contributed by atoms with van der Waals surface area (Å²) < 4.78 is 25.5. The summed E-state index contributed by atoms with van der Waals surface area (Å²) in [5.74, 6) is 0.767. The minimum absolute atomic E-state index is 0.0661. The average molecular weight is 426 g/mol. The van der Waals surface area contributed by atoms with Crippen LogP contribution in [0.2, 0.25) is 0 Å². The fourth-order valence-corrected chi connectivity index (χ4v) is 6.04. The molecule has 4 nitrogen and oxygen atoms in total. The molecule has 0 N–H and O–H groups in total. The van der Waals surface area contributed by atoms with Gasteiger partial charge in [0.1, 0.15) is 0 Å². The molecule has 2 aromatic rings. The molecule has 0 aliphatic heterocycles. The first kappa shape index (κ1) is 21.1. The molecule has 4 rings (SSSR count). The summed E-state index contributed by atoms with van der Waals surface area (Å²) in [6, 6.07) is 16.4. The Hall–Kier alpha value is -2.14. The zero-order chi connectivity index (χ0) is 21.1. The summed E-state index contributed by atoms with van der Waals surface area (Å²) in [6.07, 6.45) is 7.97. The minimum atomic E-state index is -3.43. The summed E-state index contributed by atoms with van der Waals surface area (Å²) in [6.45, 7) is 2.25. The lowest BCUT2D eigenvalue weighted by atomic mass is 9.83. The molecular formula is C25H31NO3S. The maximum Gasteiger partial charge on any atom is 0.254 e. The fraction of sp³-hybridized carbons (Fsp3) is 0.480. The molecule has 0 saturated heterocycles. The zero-order valence-electron chi connectivity index (χ0n) is 17.7. The van der Waals surface area contributed by atoms with E-state index in [2.05, 4.69) is 11.8 Å². The molecule has 5 heteroatoms. The number of carbonyl (C=O) groups is 1. The van der Waals surface area contributed by atoms with Crippen molar-refractivity contribution < 1.29 is 13.2 Å². The molecule has 0 bridgehead atoms. The van der Waals surface area contributed by atoms with Gasteiger partial charge in [-0.05, 0) is 74.3 Å². The molecule has 0 atom stereocenters. The van der Waals surface area contributed by atoms with Gasteiger partial charge in [-0.25, -0.2) is 8.42 Å². The number of carbonyl (C=O) groups excluding carboxylic acids is 1. The van der Waals surface area contributed by atoms with E-state index in [1.807, 2.05) is 12.1 Å². The van der Waals surface area contributed by atoms with Crippen LogP contribution < -0.4 is 0 Å². The summed E-state index contributed by atoms with van der Waals surface area (Å²) in [5, 5.41) is 0. The Balaban J connectivity index is 1.52. The molecule has 2 saturated carbocycles. The van der Waals surface area contributed by atoms with Crippen molar-refractivity contribution in [2.75, 3.05) is 0 Å². The van der Waals surface area contributed by atoms with Crippen molar-refractivity contribution in [3.8, 4) is 0 Å². The Labute approximate surface area is 180 Å². The smallest absolute Gasteiger partial charge is 0.254 e. The molecule has 0 unspecified atom stereocenters. The Bertz CT molecular complexity index is 974. The van der Waals surface area contributed by atoms with Crippen molar-refractivity contribution in [2.24, 2.45) is 5.92 Å². The first-order valence-corrected chi connectivity index (χ1v) is 12.8. The zero-order valence-corrected chi connectivity index (χ0v) is 18.5. The van der Waals surface area contributed by atoms with Crippen LogP contribution in [0.15, 0.2) is 59.5 Å². The molecule has 160 valence electrons. The van der Waals surface area contributed by atoms with Gasteiger partial charge in [-0.15, -0.1) is 0 Å². The molecule has 2 aromatic carbocycles. The van der Waals surface area contributed by atoms with E-state index in [9.17, 15) is 13.2 Å². The lowest BCUT2D eigenvalue weighted by molar-refractivity contribution is 0.0587. The van der Waals surface area contributed by atoms with Gasteiger partial charge in [0.25, 0.3) is 5.91 Å². The lowest BCUT2D eigenvalue weighted by Crippen LogP contribution is -2.43. The second kappa shape index (κ2) is 8.93. The first-order chi connectivity index (χ1) is 14.5. The highest BCUT2D eigenvalue weighted by atomic mass is 32.2. The average Bonchev–Trinajstić information content (AvgIpc) is 3.60. The predicted octanol–water partition coefficient (Wildman–Crippen LogP) is 5.23. The number of sulfone groups is 1. The van der Waals surface area contributed by atoms with E-state index in [0.717, 1.165) is 31.6 Å². The Morgan fingerprint density at radius 1 is 0.900 bits per heavy atom. The fourth-order valence-electron chi connectivity index (χ4n) is 4.69. The van der Waals surface area contributed by atoms with E-state index in [1.165, 1.54) is 19.3 Å². The van der Waals surface area contributed by atoms with Crippen molar-refractivity contribution in [3.05, 3.63) is 65.7 Å². The molecule has 2 fully saturated rings. The predicted molar refractivity (Wildman–Crippen MR) is 119 cm³/mol. The van der Waals surface area contributed by atoms with E-state index in [4.69, 9.17) is 0 Å². The van der Waals surface area contributed by atoms with Gasteiger partial charge in [0.15, 0.2) is 9.84 Å². The van der Waals surface area contributed by atoms with Crippen LogP contribution in [0.25, 0.3) is 0 Å². The highest BCUT2D eigenvalue weighted by Gasteiger charge is 2.39. The monoisotopic (exact) mass is 425 g/mol. The van der Waals surface area contributed by atoms with E-state index in [-0.39, 0.29) is 11.7 Å². The molecule has 2 aliphatic carbocycles. The van der Waals surface area contributed by atoms with E-state index in [1.54, 1.807) is 42.5 Å². The lowest BCUT2D eigenvalue weighted by Gasteiger charge is -2.37. The minimum Gasteiger partial charge on any atom is -0.333 e. The number of nitrogens with zero attached hydrogens (tertiary/aromatic N) is 1. The summed E-state index contributed by atoms with van der Waals surface area (Å²) in [5.41, 5.74) is 1.27. The first-order valence-electron chi connectivity index (χ1n) is 11.2. The van der Waals surface area contributed by atoms with E-state index >= 15 is 0 Å². The summed E-state index contributed by atoms with van der Waals surface area (Å²) in [4.78, 5) is 15.9. The van der Waals surface area contributed by atoms with E-state index < -0.39 is 9.84 Å². The second-order valence-electron chi connectivity index (χ2n) is 8.80. The molecule has 30 heavy (non-hydrogen) atoms. The molecule has 0 spiro atoms. The molecule has 0 radical (unpaired) electrons. The number of rotatable bonds is 7. The van der Waals surface area contributed by atoms with Gasteiger partial charge in [-0.3, -0.25) is 4.79 Å². The molecule has 0 aromatic heterocycles. The van der Waals surface area contributed by atoms with Crippen molar-refractivity contribution in [1.82, 2.24) is 4.90 Å². The molecule has 0 heterocycles. The van der Waals surface area contributed by atoms with E-state index in [0.29, 0.717) is 28.1 Å². The van der Waals surface area contributed by atoms with Gasteiger partial charge >= 0.3 is 0 Å². The van der Waals surface area contributed by atoms with Crippen molar-refractivity contribution >= 4 is 15.7 Å². The topological polar surface area (TPSA) is 54.5 Å². The van der Waals surface area contributed by atoms with Gasteiger partial charge in [0, 0.05) is 17.6 Å². The van der Waals surface area contributed by atoms with Crippen LogP contribution in [0, 0.1) is 5.92 Å². The number of benzene rings is 2. The highest BCUT2D eigenvalue weighted by molar-refractivity contribution is 7.90. The van der Waals surface area contributed by atoms with Gasteiger partial charge in [0.2, 0.25) is 0 Å². The van der Waals surface area contributed by atoms with Crippen LogP contribution in [-0.2, 0) is 15.6 Å². The quantitative estimate of drug-likeness (QED) is 0.610. The van der Waals surface area contributed by atoms with Gasteiger partial charge in [-0.2, -0.15) is 0 Å². The van der Waals surface area contributed by atoms with Gasteiger partial charge in [0.05, 0.1) is 10.6 Å². The normalized spacial score (nSPS) is 21.9. The van der Waals surface area contributed by atoms with Gasteiger partial charge in [-0.1, -0.05) is 43.7 Å². The Kier molecular flexibility index (Phi) is 6.28. The Morgan fingerprint density at radius 3 is 2.13 bits per heavy atom. The maximum absolute atomic E-state index is 13.4. The van der Waals surface area contributed by atoms with Crippen molar-refractivity contribution in [2.45, 2.75) is 74.6 Å². The largest absolute Gasteiger partial charge is 0.333 e. The van der Waals surface area contributed by atoms with Crippen molar-refractivity contribution in [1.29, 1.82) is 0 Å². The summed E-state index contributed by atoms with van der Waals surface area (Å²) in [7, 11) is -3.43. The maximum atomic E-state index is 13.4.